The summed E-state index contributed by atoms with van der Waals surface area (Å²) in [4.78, 5) is 12.7. The van der Waals surface area contributed by atoms with Crippen molar-refractivity contribution < 1.29 is 38.3 Å². The third kappa shape index (κ3) is 4.43. The minimum Gasteiger partial charge on any atom is -0.369 e. The topological polar surface area (TPSA) is 74.5 Å². The van der Waals surface area contributed by atoms with Crippen LogP contribution in [0.1, 0.15) is 50.3 Å². The molecular weight excluding hydrogens is 407 g/mol. The SMILES string of the molecule is CC(C)(C)C(F)(F)c1cccc(CNc2ncnc3n[c-]c(C4(C#N)CC4)cc23)c1.[Na+]. The summed E-state index contributed by atoms with van der Waals surface area (Å²) in [5.41, 5.74) is 0.223. The molecule has 154 valence electrons. The van der Waals surface area contributed by atoms with Crippen LogP contribution < -0.4 is 34.9 Å². The number of nitriles is 1. The van der Waals surface area contributed by atoms with Crippen LogP contribution in [0.15, 0.2) is 36.7 Å². The molecule has 0 amide bonds. The summed E-state index contributed by atoms with van der Waals surface area (Å²) >= 11 is 0. The minimum absolute atomic E-state index is 0. The second kappa shape index (κ2) is 8.42. The van der Waals surface area contributed by atoms with Crippen LogP contribution in [0.25, 0.3) is 11.0 Å². The summed E-state index contributed by atoms with van der Waals surface area (Å²) in [7, 11) is 0. The first-order valence-corrected chi connectivity index (χ1v) is 9.83. The molecule has 31 heavy (non-hydrogen) atoms. The molecule has 1 saturated carbocycles. The molecule has 5 nitrogen and oxygen atoms in total. The predicted octanol–water partition coefficient (Wildman–Crippen LogP) is 2.13. The van der Waals surface area contributed by atoms with Gasteiger partial charge in [0.2, 0.25) is 0 Å². The Morgan fingerprint density at radius 2 is 1.94 bits per heavy atom. The summed E-state index contributed by atoms with van der Waals surface area (Å²) in [6.45, 7) is 4.90. The van der Waals surface area contributed by atoms with E-state index in [1.54, 1.807) is 12.1 Å². The van der Waals surface area contributed by atoms with Crippen LogP contribution in [0.3, 0.4) is 0 Å². The van der Waals surface area contributed by atoms with Gasteiger partial charge in [0.1, 0.15) is 12.1 Å². The zero-order valence-electron chi connectivity index (χ0n) is 18.1. The van der Waals surface area contributed by atoms with Crippen molar-refractivity contribution in [2.24, 2.45) is 5.41 Å². The number of rotatable bonds is 5. The van der Waals surface area contributed by atoms with Crippen LogP contribution in [0.4, 0.5) is 14.6 Å². The average molecular weight is 429 g/mol. The van der Waals surface area contributed by atoms with Crippen molar-refractivity contribution in [2.75, 3.05) is 5.32 Å². The second-order valence-electron chi connectivity index (χ2n) is 8.81. The maximum absolute atomic E-state index is 14.7. The first-order chi connectivity index (χ1) is 14.2. The number of pyridine rings is 1. The molecule has 3 aromatic rings. The molecule has 0 aliphatic heterocycles. The molecule has 0 spiro atoms. The molecular formula is C23H22F2N5Na. The first-order valence-electron chi connectivity index (χ1n) is 9.83. The zero-order chi connectivity index (χ0) is 21.6. The number of fused-ring (bicyclic) bond motifs is 1. The molecule has 1 fully saturated rings. The molecule has 1 aliphatic carbocycles. The fourth-order valence-corrected chi connectivity index (χ4v) is 3.35. The van der Waals surface area contributed by atoms with E-state index in [9.17, 15) is 14.0 Å². The van der Waals surface area contributed by atoms with Crippen LogP contribution in [0, 0.1) is 22.9 Å². The van der Waals surface area contributed by atoms with Crippen LogP contribution in [0.2, 0.25) is 0 Å². The smallest absolute Gasteiger partial charge is 0.369 e. The van der Waals surface area contributed by atoms with Crippen molar-refractivity contribution in [1.82, 2.24) is 15.0 Å². The first kappa shape index (κ1) is 23.5. The molecule has 0 unspecified atom stereocenters. The van der Waals surface area contributed by atoms with Crippen molar-refractivity contribution in [1.29, 1.82) is 5.26 Å². The molecule has 1 N–H and O–H groups in total. The summed E-state index contributed by atoms with van der Waals surface area (Å²) in [6, 6.07) is 10.6. The Morgan fingerprint density at radius 3 is 2.58 bits per heavy atom. The van der Waals surface area contributed by atoms with Crippen LogP contribution in [0.5, 0.6) is 0 Å². The number of alkyl halides is 2. The quantitative estimate of drug-likeness (QED) is 0.497. The number of nitrogens with zero attached hydrogens (tertiary/aromatic N) is 4. The number of halogens is 2. The summed E-state index contributed by atoms with van der Waals surface area (Å²) in [5.74, 6) is -2.40. The summed E-state index contributed by atoms with van der Waals surface area (Å²) in [6.07, 6.45) is 5.91. The third-order valence-corrected chi connectivity index (χ3v) is 5.60. The molecule has 0 bridgehead atoms. The predicted molar refractivity (Wildman–Crippen MR) is 110 cm³/mol. The van der Waals surface area contributed by atoms with Gasteiger partial charge in [0.05, 0.1) is 17.1 Å². The number of hydrogen-bond acceptors (Lipinski definition) is 5. The van der Waals surface area contributed by atoms with E-state index in [2.05, 4.69) is 32.5 Å². The van der Waals surface area contributed by atoms with Gasteiger partial charge in [0, 0.05) is 17.5 Å². The maximum Gasteiger partial charge on any atom is 1.00 e. The van der Waals surface area contributed by atoms with Crippen molar-refractivity contribution in [2.45, 2.75) is 51.5 Å². The Hall–Kier alpha value is -2.14. The van der Waals surface area contributed by atoms with E-state index in [1.165, 1.54) is 39.2 Å². The van der Waals surface area contributed by atoms with Gasteiger partial charge >= 0.3 is 29.6 Å². The molecule has 0 atom stereocenters. The Bertz CT molecular complexity index is 1150. The van der Waals surface area contributed by atoms with Crippen molar-refractivity contribution in [3.63, 3.8) is 0 Å². The van der Waals surface area contributed by atoms with Gasteiger partial charge in [-0.2, -0.15) is 11.3 Å². The normalized spacial score (nSPS) is 15.1. The van der Waals surface area contributed by atoms with Crippen LogP contribution in [-0.2, 0) is 17.9 Å². The molecule has 8 heteroatoms. The van der Waals surface area contributed by atoms with Gasteiger partial charge < -0.3 is 10.3 Å². The van der Waals surface area contributed by atoms with Crippen molar-refractivity contribution in [3.05, 3.63) is 59.5 Å². The molecule has 0 saturated heterocycles. The monoisotopic (exact) mass is 429 g/mol. The standard InChI is InChI=1S/C23H22F2N5.Na/c1-21(2,3)23(24,25)16-6-4-5-15(9-16)11-27-19-18-10-17(22(13-26)7-8-22)12-28-20(18)30-14-29-19;/h4-6,9-10,14H,7-8,11H2,1-3H3,(H,27,28,29,30);/q-1;+1. The fourth-order valence-electron chi connectivity index (χ4n) is 3.35. The van der Waals surface area contributed by atoms with Gasteiger partial charge in [0.25, 0.3) is 5.92 Å². The molecule has 2 aromatic heterocycles. The third-order valence-electron chi connectivity index (χ3n) is 5.60. The minimum atomic E-state index is -2.95. The number of anilines is 1. The number of nitrogens with one attached hydrogen (secondary N) is 1. The molecule has 0 radical (unpaired) electrons. The van der Waals surface area contributed by atoms with Gasteiger partial charge in [-0.3, -0.25) is 4.98 Å². The van der Waals surface area contributed by atoms with Gasteiger partial charge in [-0.1, -0.05) is 45.2 Å². The van der Waals surface area contributed by atoms with E-state index in [0.29, 0.717) is 23.4 Å². The fraction of sp³-hybridized carbons (Fsp3) is 0.391. The summed E-state index contributed by atoms with van der Waals surface area (Å²) < 4.78 is 29.5. The van der Waals surface area contributed by atoms with Gasteiger partial charge in [0.15, 0.2) is 0 Å². The van der Waals surface area contributed by atoms with Crippen molar-refractivity contribution >= 4 is 16.9 Å². The molecule has 1 aliphatic rings. The number of benzene rings is 1. The molecule has 4 rings (SSSR count). The second-order valence-corrected chi connectivity index (χ2v) is 8.81. The van der Waals surface area contributed by atoms with Crippen LogP contribution in [-0.4, -0.2) is 15.0 Å². The summed E-state index contributed by atoms with van der Waals surface area (Å²) in [5, 5.41) is 13.3. The molecule has 1 aromatic carbocycles. The Labute approximate surface area is 202 Å². The van der Waals surface area contributed by atoms with Gasteiger partial charge in [-0.25, -0.2) is 13.8 Å². The average Bonchev–Trinajstić information content (AvgIpc) is 3.52. The van der Waals surface area contributed by atoms with E-state index in [1.807, 2.05) is 6.07 Å². The number of hydrogen-bond donors (Lipinski definition) is 1. The van der Waals surface area contributed by atoms with E-state index >= 15 is 0 Å². The van der Waals surface area contributed by atoms with E-state index in [0.717, 1.165) is 24.0 Å². The Morgan fingerprint density at radius 1 is 1.19 bits per heavy atom. The van der Waals surface area contributed by atoms with Gasteiger partial charge in [-0.05, 0) is 29.9 Å². The van der Waals surface area contributed by atoms with Crippen molar-refractivity contribution in [3.8, 4) is 6.07 Å². The van der Waals surface area contributed by atoms with Gasteiger partial charge in [-0.15, -0.1) is 5.56 Å². The Balaban J connectivity index is 0.00000272. The molecule has 2 heterocycles. The largest absolute Gasteiger partial charge is 1.00 e. The van der Waals surface area contributed by atoms with E-state index in [-0.39, 0.29) is 35.1 Å². The maximum atomic E-state index is 14.7. The van der Waals surface area contributed by atoms with E-state index < -0.39 is 16.8 Å². The zero-order valence-corrected chi connectivity index (χ0v) is 20.1. The van der Waals surface area contributed by atoms with Crippen LogP contribution >= 0.6 is 0 Å². The number of aromatic nitrogens is 3. The Kier molecular flexibility index (Phi) is 6.39. The van der Waals surface area contributed by atoms with E-state index in [4.69, 9.17) is 0 Å².